The molecule has 0 rings (SSSR count). The summed E-state index contributed by atoms with van der Waals surface area (Å²) in [6, 6.07) is 0. The maximum absolute atomic E-state index is 7.97. The standard InChI is InChI=1S/C5H11NO/c1-5(2,3)4-6-7/h4,7H,1-3H3/b6-4+. The molecule has 0 atom stereocenters. The van der Waals surface area contributed by atoms with Gasteiger partial charge in [0, 0.05) is 11.6 Å². The van der Waals surface area contributed by atoms with Crippen LogP contribution in [0.2, 0.25) is 0 Å². The molecule has 2 heteroatoms. The van der Waals surface area contributed by atoms with Crippen LogP contribution in [-0.2, 0) is 0 Å². The van der Waals surface area contributed by atoms with Gasteiger partial charge in [0.25, 0.3) is 0 Å². The van der Waals surface area contributed by atoms with Crippen LogP contribution in [0.25, 0.3) is 0 Å². The minimum atomic E-state index is 0.00868. The third kappa shape index (κ3) is 5.47. The van der Waals surface area contributed by atoms with Crippen LogP contribution >= 0.6 is 0 Å². The molecule has 2 nitrogen and oxygen atoms in total. The molecule has 0 heterocycles. The molecule has 0 saturated heterocycles. The molecule has 0 spiro atoms. The van der Waals surface area contributed by atoms with Gasteiger partial charge in [0.05, 0.1) is 0 Å². The summed E-state index contributed by atoms with van der Waals surface area (Å²) in [5, 5.41) is 10.9. The van der Waals surface area contributed by atoms with E-state index in [4.69, 9.17) is 5.21 Å². The molecular formula is C5H11NO. The van der Waals surface area contributed by atoms with Crippen LogP contribution < -0.4 is 0 Å². The Labute approximate surface area is 43.8 Å². The molecule has 0 aliphatic heterocycles. The quantitative estimate of drug-likeness (QED) is 0.280. The van der Waals surface area contributed by atoms with E-state index in [-0.39, 0.29) is 5.41 Å². The van der Waals surface area contributed by atoms with Crippen LogP contribution in [0.4, 0.5) is 0 Å². The van der Waals surface area contributed by atoms with Crippen molar-refractivity contribution in [3.8, 4) is 0 Å². The van der Waals surface area contributed by atoms with Crippen molar-refractivity contribution in [2.45, 2.75) is 20.8 Å². The Bertz CT molecular complexity index is 70.6. The molecular weight excluding hydrogens is 90.1 g/mol. The lowest BCUT2D eigenvalue weighted by Crippen LogP contribution is -2.05. The van der Waals surface area contributed by atoms with Crippen LogP contribution in [0.15, 0.2) is 5.16 Å². The Morgan fingerprint density at radius 3 is 1.86 bits per heavy atom. The third-order valence-corrected chi connectivity index (χ3v) is 0.445. The van der Waals surface area contributed by atoms with Crippen LogP contribution in [0.3, 0.4) is 0 Å². The van der Waals surface area contributed by atoms with Crippen LogP contribution in [-0.4, -0.2) is 11.4 Å². The molecule has 42 valence electrons. The predicted molar refractivity (Wildman–Crippen MR) is 29.7 cm³/mol. The zero-order valence-corrected chi connectivity index (χ0v) is 4.97. The number of hydrogen-bond donors (Lipinski definition) is 1. The first-order chi connectivity index (χ1) is 3.06. The van der Waals surface area contributed by atoms with Crippen molar-refractivity contribution in [2.24, 2.45) is 10.6 Å². The van der Waals surface area contributed by atoms with E-state index in [1.165, 1.54) is 6.21 Å². The first kappa shape index (κ1) is 6.47. The highest BCUT2D eigenvalue weighted by Gasteiger charge is 2.03. The van der Waals surface area contributed by atoms with E-state index < -0.39 is 0 Å². The van der Waals surface area contributed by atoms with Crippen LogP contribution in [0, 0.1) is 5.41 Å². The summed E-state index contributed by atoms with van der Waals surface area (Å²) in [7, 11) is 0. The molecule has 0 radical (unpaired) electrons. The van der Waals surface area contributed by atoms with Crippen molar-refractivity contribution in [3.05, 3.63) is 0 Å². The largest absolute Gasteiger partial charge is 0.411 e. The number of hydrogen-bond acceptors (Lipinski definition) is 2. The van der Waals surface area contributed by atoms with Crippen LogP contribution in [0.1, 0.15) is 20.8 Å². The Hall–Kier alpha value is -0.530. The fraction of sp³-hybridized carbons (Fsp3) is 0.800. The molecule has 0 bridgehead atoms. The molecule has 0 unspecified atom stereocenters. The molecule has 0 aromatic carbocycles. The first-order valence-corrected chi connectivity index (χ1v) is 2.25. The van der Waals surface area contributed by atoms with E-state index in [9.17, 15) is 0 Å². The minimum Gasteiger partial charge on any atom is -0.411 e. The fourth-order valence-electron chi connectivity index (χ4n) is 0.173. The van der Waals surface area contributed by atoms with Gasteiger partial charge in [-0.15, -0.1) is 5.16 Å². The molecule has 1 N–H and O–H groups in total. The van der Waals surface area contributed by atoms with E-state index in [0.717, 1.165) is 0 Å². The molecule has 0 amide bonds. The van der Waals surface area contributed by atoms with Gasteiger partial charge in [-0.2, -0.15) is 0 Å². The molecule has 0 aliphatic rings. The van der Waals surface area contributed by atoms with Crippen LogP contribution in [0.5, 0.6) is 0 Å². The molecule has 0 saturated carbocycles. The van der Waals surface area contributed by atoms with Gasteiger partial charge >= 0.3 is 0 Å². The minimum absolute atomic E-state index is 0.00868. The van der Waals surface area contributed by atoms with E-state index in [1.54, 1.807) is 0 Å². The maximum atomic E-state index is 7.97. The maximum Gasteiger partial charge on any atom is 0.0489 e. The zero-order valence-electron chi connectivity index (χ0n) is 4.97. The van der Waals surface area contributed by atoms with Gasteiger partial charge in [-0.1, -0.05) is 20.8 Å². The third-order valence-electron chi connectivity index (χ3n) is 0.445. The molecule has 7 heavy (non-hydrogen) atoms. The summed E-state index contributed by atoms with van der Waals surface area (Å²) >= 11 is 0. The lowest BCUT2D eigenvalue weighted by Gasteiger charge is -2.06. The number of oxime groups is 1. The highest BCUT2D eigenvalue weighted by Crippen LogP contribution is 2.07. The Morgan fingerprint density at radius 1 is 1.43 bits per heavy atom. The second-order valence-electron chi connectivity index (χ2n) is 2.61. The topological polar surface area (TPSA) is 32.6 Å². The lowest BCUT2D eigenvalue weighted by molar-refractivity contribution is 0.315. The Balaban J connectivity index is 3.56. The number of nitrogens with zero attached hydrogens (tertiary/aromatic N) is 1. The summed E-state index contributed by atoms with van der Waals surface area (Å²) < 4.78 is 0. The van der Waals surface area contributed by atoms with E-state index in [0.29, 0.717) is 0 Å². The summed E-state index contributed by atoms with van der Waals surface area (Å²) in [6.45, 7) is 5.90. The monoisotopic (exact) mass is 101 g/mol. The van der Waals surface area contributed by atoms with E-state index in [2.05, 4.69) is 5.16 Å². The Kier molecular flexibility index (Phi) is 1.81. The van der Waals surface area contributed by atoms with Gasteiger partial charge in [0.1, 0.15) is 0 Å². The molecule has 0 fully saturated rings. The van der Waals surface area contributed by atoms with Gasteiger partial charge in [0.2, 0.25) is 0 Å². The summed E-state index contributed by atoms with van der Waals surface area (Å²) in [5.41, 5.74) is 0.00868. The average molecular weight is 101 g/mol. The highest BCUT2D eigenvalue weighted by molar-refractivity contribution is 5.62. The lowest BCUT2D eigenvalue weighted by atomic mass is 10.00. The molecule has 0 aliphatic carbocycles. The summed E-state index contributed by atoms with van der Waals surface area (Å²) in [5.74, 6) is 0. The number of rotatable bonds is 0. The van der Waals surface area contributed by atoms with Gasteiger partial charge < -0.3 is 5.21 Å². The van der Waals surface area contributed by atoms with Gasteiger partial charge in [-0.25, -0.2) is 0 Å². The highest BCUT2D eigenvalue weighted by atomic mass is 16.4. The summed E-state index contributed by atoms with van der Waals surface area (Å²) in [6.07, 6.45) is 1.49. The first-order valence-electron chi connectivity index (χ1n) is 2.25. The van der Waals surface area contributed by atoms with Crippen molar-refractivity contribution < 1.29 is 5.21 Å². The van der Waals surface area contributed by atoms with Crippen molar-refractivity contribution in [1.82, 2.24) is 0 Å². The molecule has 0 aromatic rings. The van der Waals surface area contributed by atoms with Gasteiger partial charge in [0.15, 0.2) is 0 Å². The normalized spacial score (nSPS) is 13.0. The second kappa shape index (κ2) is 1.96. The van der Waals surface area contributed by atoms with E-state index in [1.807, 2.05) is 20.8 Å². The van der Waals surface area contributed by atoms with E-state index >= 15 is 0 Å². The van der Waals surface area contributed by atoms with Gasteiger partial charge in [-0.05, 0) is 0 Å². The summed E-state index contributed by atoms with van der Waals surface area (Å²) in [4.78, 5) is 0. The SMILES string of the molecule is CC(C)(C)/C=N/O. The smallest absolute Gasteiger partial charge is 0.0489 e. The van der Waals surface area contributed by atoms with Gasteiger partial charge in [-0.3, -0.25) is 0 Å². The average Bonchev–Trinajstić information content (AvgIpc) is 1.30. The fourth-order valence-corrected chi connectivity index (χ4v) is 0.173. The Morgan fingerprint density at radius 2 is 1.86 bits per heavy atom. The second-order valence-corrected chi connectivity index (χ2v) is 2.61. The zero-order chi connectivity index (χ0) is 5.91. The predicted octanol–water partition coefficient (Wildman–Crippen LogP) is 1.49. The van der Waals surface area contributed by atoms with Crippen molar-refractivity contribution in [3.63, 3.8) is 0 Å². The van der Waals surface area contributed by atoms with Crippen molar-refractivity contribution in [2.75, 3.05) is 0 Å². The van der Waals surface area contributed by atoms with Crippen molar-refractivity contribution in [1.29, 1.82) is 0 Å². The molecule has 0 aromatic heterocycles. The van der Waals surface area contributed by atoms with Crippen molar-refractivity contribution >= 4 is 6.21 Å².